The Kier molecular flexibility index (Phi) is 13.5. The number of hydrogen-bond donors (Lipinski definition) is 5. The molecule has 0 aliphatic heterocycles. The van der Waals surface area contributed by atoms with Crippen LogP contribution >= 0.6 is 19.1 Å². The minimum absolute atomic E-state index is 0.00842. The molecule has 0 aliphatic rings. The smallest absolute Gasteiger partial charge is 0.445 e. The summed E-state index contributed by atoms with van der Waals surface area (Å²) in [6, 6.07) is 28.7. The number of aromatic nitrogens is 1. The number of thioether (sulfide) groups is 1. The molecule has 16 heteroatoms. The molecule has 0 spiro atoms. The van der Waals surface area contributed by atoms with Crippen molar-refractivity contribution in [3.8, 4) is 5.75 Å². The van der Waals surface area contributed by atoms with Gasteiger partial charge in [-0.25, -0.2) is 4.79 Å². The van der Waals surface area contributed by atoms with Crippen molar-refractivity contribution in [3.05, 3.63) is 132 Å². The molecule has 54 heavy (non-hydrogen) atoms. The third-order valence-corrected chi connectivity index (χ3v) is 11.8. The van der Waals surface area contributed by atoms with Crippen molar-refractivity contribution in [1.82, 2.24) is 15.6 Å². The van der Waals surface area contributed by atoms with Crippen LogP contribution in [0.3, 0.4) is 0 Å². The number of ether oxygens (including phenoxy) is 2. The van der Waals surface area contributed by atoms with Crippen molar-refractivity contribution < 1.29 is 46.5 Å². The number of rotatable bonds is 17. The first-order valence-corrected chi connectivity index (χ1v) is 19.6. The van der Waals surface area contributed by atoms with E-state index < -0.39 is 61.3 Å². The topological polar surface area (TPSA) is 173 Å². The van der Waals surface area contributed by atoms with Crippen LogP contribution in [-0.2, 0) is 38.3 Å². The van der Waals surface area contributed by atoms with Crippen LogP contribution in [0, 0.1) is 5.92 Å². The van der Waals surface area contributed by atoms with Gasteiger partial charge in [-0.05, 0) is 34.9 Å². The van der Waals surface area contributed by atoms with Crippen LogP contribution in [-0.4, -0.2) is 57.9 Å². The van der Waals surface area contributed by atoms with Crippen LogP contribution < -0.4 is 21.1 Å². The number of H-pyrrole nitrogens is 1. The quantitative estimate of drug-likeness (QED) is 0.0509. The molecule has 4 atom stereocenters. The van der Waals surface area contributed by atoms with Gasteiger partial charge in [0.2, 0.25) is 19.2 Å². The minimum Gasteiger partial charge on any atom is -0.445 e. The van der Waals surface area contributed by atoms with Crippen LogP contribution in [0.1, 0.15) is 16.7 Å². The molecule has 3 amide bonds. The van der Waals surface area contributed by atoms with Crippen LogP contribution in [0.5, 0.6) is 5.75 Å². The number of primary amides is 1. The third-order valence-electron chi connectivity index (χ3n) is 8.38. The number of aromatic amines is 1. The molecule has 1 aromatic heterocycles. The van der Waals surface area contributed by atoms with E-state index in [0.717, 1.165) is 28.7 Å². The minimum atomic E-state index is -5.00. The number of amides is 3. The van der Waals surface area contributed by atoms with Gasteiger partial charge in [-0.15, -0.1) is 24.9 Å². The van der Waals surface area contributed by atoms with E-state index in [1.165, 1.54) is 18.2 Å². The molecule has 5 rings (SSSR count). The Bertz CT molecular complexity index is 2090. The van der Waals surface area contributed by atoms with E-state index in [4.69, 9.17) is 10.5 Å². The molecule has 0 saturated heterocycles. The third kappa shape index (κ3) is 11.6. The number of benzene rings is 4. The van der Waals surface area contributed by atoms with E-state index in [2.05, 4.69) is 20.4 Å². The van der Waals surface area contributed by atoms with Crippen molar-refractivity contribution >= 4 is 47.9 Å². The molecule has 0 bridgehead atoms. The average Bonchev–Trinajstić information content (AvgIpc) is 3.55. The van der Waals surface area contributed by atoms with Gasteiger partial charge in [0.1, 0.15) is 24.2 Å². The summed E-state index contributed by atoms with van der Waals surface area (Å²) in [5.74, 6) is -5.39. The number of carbonyl (C=O) groups excluding carboxylic acids is 3. The van der Waals surface area contributed by atoms with Gasteiger partial charge >= 0.3 is 12.5 Å². The van der Waals surface area contributed by atoms with Crippen LogP contribution in [0.25, 0.3) is 10.9 Å². The summed E-state index contributed by atoms with van der Waals surface area (Å²) >= 11 is 0.792. The lowest BCUT2D eigenvalue weighted by Gasteiger charge is -2.28. The number of nitrogens with one attached hydrogen (secondary N) is 3. The number of fused-ring (bicyclic) bond motifs is 1. The summed E-state index contributed by atoms with van der Waals surface area (Å²) in [7, 11) is -4.57. The number of halogens is 3. The van der Waals surface area contributed by atoms with Gasteiger partial charge in [-0.3, -0.25) is 14.2 Å². The molecular formula is C38H38F3N4O7PS. The Morgan fingerprint density at radius 1 is 0.852 bits per heavy atom. The highest BCUT2D eigenvalue weighted by atomic mass is 32.2. The van der Waals surface area contributed by atoms with Gasteiger partial charge in [0, 0.05) is 46.8 Å². The van der Waals surface area contributed by atoms with E-state index in [1.807, 2.05) is 18.2 Å². The summed E-state index contributed by atoms with van der Waals surface area (Å²) in [6.45, 7) is -0.119. The van der Waals surface area contributed by atoms with Gasteiger partial charge in [0.25, 0.3) is 0 Å². The zero-order valence-corrected chi connectivity index (χ0v) is 30.4. The van der Waals surface area contributed by atoms with Crippen molar-refractivity contribution in [3.63, 3.8) is 0 Å². The zero-order valence-electron chi connectivity index (χ0n) is 28.7. The summed E-state index contributed by atoms with van der Waals surface area (Å²) in [5, 5.41) is 5.89. The van der Waals surface area contributed by atoms with E-state index in [9.17, 15) is 37.0 Å². The fourth-order valence-electron chi connectivity index (χ4n) is 5.69. The molecule has 0 radical (unpaired) electrons. The lowest BCUT2D eigenvalue weighted by atomic mass is 10.0. The van der Waals surface area contributed by atoms with Gasteiger partial charge in [-0.1, -0.05) is 91.0 Å². The first-order valence-electron chi connectivity index (χ1n) is 16.7. The highest BCUT2D eigenvalue weighted by molar-refractivity contribution is 7.99. The number of nitrogens with two attached hydrogens (primary N) is 1. The standard InChI is InChI=1S/C38H38F3N4O7PS/c39-38(40,41)52-32-17-9-10-18-33(32)54-24-28(36(47)44-31(35(42)46)20-27-21-43-30-16-8-7-15-29(27)30)23-53(49,50)34(19-25-11-3-1-4-12-25)45-37(48)51-22-26-13-5-2-6-14-26/h1-18,21,28,31,34,43H,19-20,22-24H2,(H2,42,46)(H,44,47)(H,45,48)(H,49,50)/t28?,31-,34+/m0/s1. The van der Waals surface area contributed by atoms with Gasteiger partial charge in [0.05, 0.1) is 5.92 Å². The Hall–Kier alpha value is -5.24. The number of para-hydroxylation sites is 2. The second-order valence-electron chi connectivity index (χ2n) is 12.4. The molecule has 0 saturated carbocycles. The monoisotopic (exact) mass is 782 g/mol. The SMILES string of the molecule is NC(=O)[C@H](Cc1c[nH]c2ccccc12)NC(=O)C(CSc1ccccc1OC(F)(F)F)CP(=O)(O)[C@H](Cc1ccccc1)NC(=O)OCc1ccccc1. The largest absolute Gasteiger partial charge is 0.573 e. The molecular weight excluding hydrogens is 744 g/mol. The zero-order chi connectivity index (χ0) is 38.7. The van der Waals surface area contributed by atoms with E-state index in [1.54, 1.807) is 72.9 Å². The van der Waals surface area contributed by atoms with Crippen molar-refractivity contribution in [2.45, 2.75) is 42.5 Å². The summed E-state index contributed by atoms with van der Waals surface area (Å²) in [6.07, 6.45) is -5.18. The summed E-state index contributed by atoms with van der Waals surface area (Å²) < 4.78 is 63.5. The number of carbonyl (C=O) groups is 3. The second-order valence-corrected chi connectivity index (χ2v) is 15.9. The molecule has 2 unspecified atom stereocenters. The molecule has 284 valence electrons. The maximum atomic E-state index is 14.4. The molecule has 4 aromatic carbocycles. The molecule has 11 nitrogen and oxygen atoms in total. The fraction of sp³-hybridized carbons (Fsp3) is 0.237. The van der Waals surface area contributed by atoms with Crippen molar-refractivity contribution in [1.29, 1.82) is 0 Å². The van der Waals surface area contributed by atoms with Gasteiger partial charge < -0.3 is 35.7 Å². The number of alkyl carbamates (subject to hydrolysis) is 1. The lowest BCUT2D eigenvalue weighted by Crippen LogP contribution is -2.49. The first kappa shape index (κ1) is 40.0. The highest BCUT2D eigenvalue weighted by Gasteiger charge is 2.39. The Labute approximate surface area is 313 Å². The Morgan fingerprint density at radius 2 is 1.48 bits per heavy atom. The lowest BCUT2D eigenvalue weighted by molar-refractivity contribution is -0.275. The van der Waals surface area contributed by atoms with Gasteiger partial charge in [0.15, 0.2) is 0 Å². The predicted molar refractivity (Wildman–Crippen MR) is 199 cm³/mol. The Morgan fingerprint density at radius 3 is 2.17 bits per heavy atom. The average molecular weight is 783 g/mol. The maximum Gasteiger partial charge on any atom is 0.573 e. The Balaban J connectivity index is 1.41. The van der Waals surface area contributed by atoms with E-state index in [-0.39, 0.29) is 30.1 Å². The van der Waals surface area contributed by atoms with Crippen molar-refractivity contribution in [2.24, 2.45) is 11.7 Å². The molecule has 0 aliphatic carbocycles. The molecule has 5 aromatic rings. The highest BCUT2D eigenvalue weighted by Crippen LogP contribution is 2.49. The van der Waals surface area contributed by atoms with Crippen molar-refractivity contribution in [2.75, 3.05) is 11.9 Å². The summed E-state index contributed by atoms with van der Waals surface area (Å²) in [4.78, 5) is 54.5. The normalized spacial score (nSPS) is 14.3. The molecule has 6 N–H and O–H groups in total. The summed E-state index contributed by atoms with van der Waals surface area (Å²) in [5.41, 5.74) is 8.46. The van der Waals surface area contributed by atoms with E-state index >= 15 is 0 Å². The van der Waals surface area contributed by atoms with E-state index in [0.29, 0.717) is 16.7 Å². The molecule has 1 heterocycles. The van der Waals surface area contributed by atoms with Crippen LogP contribution in [0.4, 0.5) is 18.0 Å². The fourth-order valence-corrected chi connectivity index (χ4v) is 8.92. The maximum absolute atomic E-state index is 14.4. The van der Waals surface area contributed by atoms with Crippen LogP contribution in [0.2, 0.25) is 0 Å². The first-order chi connectivity index (χ1) is 25.8. The predicted octanol–water partition coefficient (Wildman–Crippen LogP) is 6.75. The van der Waals surface area contributed by atoms with Crippen LogP contribution in [0.15, 0.2) is 120 Å². The number of alkyl halides is 3. The van der Waals surface area contributed by atoms with Gasteiger partial charge in [-0.2, -0.15) is 0 Å². The second kappa shape index (κ2) is 18.2. The number of hydrogen-bond acceptors (Lipinski definition) is 7. The molecule has 0 fully saturated rings.